The van der Waals surface area contributed by atoms with Crippen molar-refractivity contribution in [2.75, 3.05) is 0 Å². The minimum atomic E-state index is 0.687. The van der Waals surface area contributed by atoms with Crippen LogP contribution >= 0.6 is 11.3 Å². The van der Waals surface area contributed by atoms with Crippen LogP contribution in [0.25, 0.3) is 147 Å². The fraction of sp³-hybridized carbons (Fsp3) is 0. The Bertz CT molecular complexity index is 4550. The number of hydrogen-bond donors (Lipinski definition) is 0. The molecule has 0 aliphatic carbocycles. The van der Waals surface area contributed by atoms with Gasteiger partial charge in [-0.1, -0.05) is 182 Å². The number of nitrogens with zero attached hydrogens (tertiary/aromatic N) is 3. The number of aromatic nitrogens is 3. The quantitative estimate of drug-likeness (QED) is 0.161. The highest BCUT2D eigenvalue weighted by Crippen LogP contribution is 2.44. The van der Waals surface area contributed by atoms with Gasteiger partial charge in [0.05, 0.1) is 16.7 Å². The molecule has 3 aromatic heterocycles. The lowest BCUT2D eigenvalue weighted by Gasteiger charge is -2.15. The van der Waals surface area contributed by atoms with Crippen molar-refractivity contribution >= 4 is 107 Å². The topological polar surface area (TPSA) is 30.7 Å². The molecule has 0 saturated carbocycles. The maximum Gasteiger partial charge on any atom is 0.162 e. The zero-order valence-electron chi connectivity index (χ0n) is 37.8. The Balaban J connectivity index is 1.05. The van der Waals surface area contributed by atoms with E-state index < -0.39 is 0 Å². The molecule has 0 aliphatic rings. The monoisotopic (exact) mass is 905 g/mol. The molecule has 0 amide bonds. The first-order valence-corrected chi connectivity index (χ1v) is 24.7. The van der Waals surface area contributed by atoms with Crippen molar-refractivity contribution in [3.8, 4) is 50.7 Å². The SMILES string of the molecule is c1ccc(-c2ccc3c(c2)c2cc4c5cc(-c6ccc7sc8ccccc8c7c6)ccc5c5ccccc5c4cc2n3-c2cc(-c3cccc4ccccc34)nc(-c3cccc4ccccc34)n2)cc1. The molecule has 0 saturated heterocycles. The lowest BCUT2D eigenvalue weighted by Crippen LogP contribution is -2.03. The Morgan fingerprint density at radius 3 is 1.61 bits per heavy atom. The molecule has 70 heavy (non-hydrogen) atoms. The second-order valence-corrected chi connectivity index (χ2v) is 19.5. The highest BCUT2D eigenvalue weighted by molar-refractivity contribution is 7.25. The van der Waals surface area contributed by atoms with Crippen molar-refractivity contribution in [2.24, 2.45) is 0 Å². The Kier molecular flexibility index (Phi) is 8.53. The van der Waals surface area contributed by atoms with Crippen LogP contribution in [0.1, 0.15) is 0 Å². The van der Waals surface area contributed by atoms with Gasteiger partial charge < -0.3 is 0 Å². The lowest BCUT2D eigenvalue weighted by atomic mass is 9.91. The Morgan fingerprint density at radius 2 is 0.814 bits per heavy atom. The molecule has 3 nitrogen and oxygen atoms in total. The van der Waals surface area contributed by atoms with Crippen molar-refractivity contribution in [2.45, 2.75) is 0 Å². The Morgan fingerprint density at radius 1 is 0.286 bits per heavy atom. The summed E-state index contributed by atoms with van der Waals surface area (Å²) < 4.78 is 5.02. The third kappa shape index (κ3) is 6.00. The van der Waals surface area contributed by atoms with Gasteiger partial charge in [0, 0.05) is 48.1 Å². The number of fused-ring (bicyclic) bond motifs is 14. The maximum absolute atomic E-state index is 5.61. The van der Waals surface area contributed by atoms with Gasteiger partial charge in [0.1, 0.15) is 5.82 Å². The predicted octanol–water partition coefficient (Wildman–Crippen LogP) is 18.4. The molecular formula is C66H39N3S. The molecule has 0 aliphatic heterocycles. The molecule has 4 heteroatoms. The third-order valence-electron chi connectivity index (χ3n) is 14.6. The van der Waals surface area contributed by atoms with Gasteiger partial charge in [-0.15, -0.1) is 11.3 Å². The highest BCUT2D eigenvalue weighted by Gasteiger charge is 2.21. The van der Waals surface area contributed by atoms with Crippen LogP contribution < -0.4 is 0 Å². The Labute approximate surface area is 406 Å². The first-order chi connectivity index (χ1) is 34.7. The van der Waals surface area contributed by atoms with Crippen LogP contribution in [0.3, 0.4) is 0 Å². The standard InChI is InChI=1S/C66H39N3S/c1-2-14-40(15-3-1)43-29-32-61-57(35-43)58-37-55-54-34-44(45-30-33-64-59(36-45)52-24-10-11-27-63(52)70-64)28-31-50(54)48-22-8-9-23-49(48)56(55)38-62(58)69(61)65-39-60(51-25-12-18-41-16-4-6-20-46(41)51)67-66(68-65)53-26-13-19-42-17-5-7-21-47(42)53/h1-39H. The van der Waals surface area contributed by atoms with Crippen molar-refractivity contribution < 1.29 is 0 Å². The fourth-order valence-corrected chi connectivity index (χ4v) is 12.4. The molecule has 0 radical (unpaired) electrons. The summed E-state index contributed by atoms with van der Waals surface area (Å²) in [6, 6.07) is 86.5. The van der Waals surface area contributed by atoms with Crippen LogP contribution in [-0.4, -0.2) is 14.5 Å². The first-order valence-electron chi connectivity index (χ1n) is 23.9. The molecule has 12 aromatic carbocycles. The first kappa shape index (κ1) is 39.1. The van der Waals surface area contributed by atoms with E-state index in [4.69, 9.17) is 9.97 Å². The van der Waals surface area contributed by atoms with Crippen molar-refractivity contribution in [1.82, 2.24) is 14.5 Å². The van der Waals surface area contributed by atoms with Crippen LogP contribution in [0.5, 0.6) is 0 Å². The number of hydrogen-bond acceptors (Lipinski definition) is 3. The zero-order chi connectivity index (χ0) is 45.9. The summed E-state index contributed by atoms with van der Waals surface area (Å²) in [7, 11) is 0. The van der Waals surface area contributed by atoms with Gasteiger partial charge >= 0.3 is 0 Å². The minimum Gasteiger partial charge on any atom is -0.294 e. The van der Waals surface area contributed by atoms with Gasteiger partial charge in [-0.25, -0.2) is 9.97 Å². The van der Waals surface area contributed by atoms with E-state index in [0.717, 1.165) is 49.8 Å². The lowest BCUT2D eigenvalue weighted by molar-refractivity contribution is 1.05. The molecule has 15 rings (SSSR count). The molecule has 3 heterocycles. The molecule has 324 valence electrons. The van der Waals surface area contributed by atoms with E-state index in [1.165, 1.54) is 90.9 Å². The van der Waals surface area contributed by atoms with Crippen molar-refractivity contribution in [3.63, 3.8) is 0 Å². The number of benzene rings is 12. The molecule has 0 spiro atoms. The van der Waals surface area contributed by atoms with Gasteiger partial charge in [0.15, 0.2) is 5.82 Å². The molecule has 0 N–H and O–H groups in total. The Hall–Kier alpha value is -8.96. The van der Waals surface area contributed by atoms with Gasteiger partial charge in [0.25, 0.3) is 0 Å². The van der Waals surface area contributed by atoms with Gasteiger partial charge in [0.2, 0.25) is 0 Å². The molecule has 15 aromatic rings. The van der Waals surface area contributed by atoms with E-state index in [0.29, 0.717) is 5.82 Å². The van der Waals surface area contributed by atoms with Crippen molar-refractivity contribution in [1.29, 1.82) is 0 Å². The highest BCUT2D eigenvalue weighted by atomic mass is 32.1. The zero-order valence-corrected chi connectivity index (χ0v) is 38.6. The summed E-state index contributed by atoms with van der Waals surface area (Å²) in [6.45, 7) is 0. The molecule has 0 bridgehead atoms. The fourth-order valence-electron chi connectivity index (χ4n) is 11.3. The largest absolute Gasteiger partial charge is 0.294 e. The summed E-state index contributed by atoms with van der Waals surface area (Å²) >= 11 is 1.86. The molecule has 0 fully saturated rings. The summed E-state index contributed by atoms with van der Waals surface area (Å²) in [5.74, 6) is 1.50. The normalized spacial score (nSPS) is 12.0. The maximum atomic E-state index is 5.61. The second-order valence-electron chi connectivity index (χ2n) is 18.5. The second kappa shape index (κ2) is 15.3. The molecular weight excluding hydrogens is 867 g/mol. The van der Waals surface area contributed by atoms with Gasteiger partial charge in [-0.3, -0.25) is 4.57 Å². The van der Waals surface area contributed by atoms with Crippen LogP contribution in [0.15, 0.2) is 237 Å². The minimum absolute atomic E-state index is 0.687. The molecule has 0 atom stereocenters. The van der Waals surface area contributed by atoms with Crippen LogP contribution in [0.4, 0.5) is 0 Å². The van der Waals surface area contributed by atoms with E-state index in [1.807, 2.05) is 11.3 Å². The summed E-state index contributed by atoms with van der Waals surface area (Å²) in [5, 5.41) is 16.9. The van der Waals surface area contributed by atoms with E-state index in [2.05, 4.69) is 241 Å². The summed E-state index contributed by atoms with van der Waals surface area (Å²) in [6.07, 6.45) is 0. The summed E-state index contributed by atoms with van der Waals surface area (Å²) in [4.78, 5) is 11.1. The molecule has 0 unspecified atom stereocenters. The smallest absolute Gasteiger partial charge is 0.162 e. The average molecular weight is 906 g/mol. The summed E-state index contributed by atoms with van der Waals surface area (Å²) in [5.41, 5.74) is 9.90. The predicted molar refractivity (Wildman–Crippen MR) is 299 cm³/mol. The third-order valence-corrected chi connectivity index (χ3v) is 15.7. The number of thiophene rings is 1. The van der Waals surface area contributed by atoms with Crippen LogP contribution in [0.2, 0.25) is 0 Å². The van der Waals surface area contributed by atoms with E-state index in [9.17, 15) is 0 Å². The van der Waals surface area contributed by atoms with Gasteiger partial charge in [-0.2, -0.15) is 0 Å². The average Bonchev–Trinajstić information content (AvgIpc) is 3.97. The van der Waals surface area contributed by atoms with Crippen LogP contribution in [0, 0.1) is 0 Å². The van der Waals surface area contributed by atoms with Crippen LogP contribution in [-0.2, 0) is 0 Å². The van der Waals surface area contributed by atoms with E-state index in [1.54, 1.807) is 0 Å². The number of rotatable bonds is 5. The van der Waals surface area contributed by atoms with E-state index in [-0.39, 0.29) is 0 Å². The van der Waals surface area contributed by atoms with E-state index >= 15 is 0 Å². The van der Waals surface area contributed by atoms with Crippen molar-refractivity contribution in [3.05, 3.63) is 237 Å². The van der Waals surface area contributed by atoms with Gasteiger partial charge in [-0.05, 0) is 125 Å².